The van der Waals surface area contributed by atoms with Crippen molar-refractivity contribution in [2.45, 2.75) is 155 Å². The Balaban J connectivity index is 3.61. The second kappa shape index (κ2) is 27.2. The molecule has 0 rings (SSSR count). The van der Waals surface area contributed by atoms with E-state index in [0.717, 1.165) is 44.9 Å². The Morgan fingerprint density at radius 2 is 1.06 bits per heavy atom. The maximum atomic E-state index is 12.0. The summed E-state index contributed by atoms with van der Waals surface area (Å²) in [5, 5.41) is 9.43. The Hall–Kier alpha value is -1.36. The normalized spacial score (nSPS) is 12.2. The number of ether oxygens (including phenoxy) is 2. The van der Waals surface area contributed by atoms with Crippen LogP contribution in [0.3, 0.4) is 0 Å². The van der Waals surface area contributed by atoms with E-state index in [4.69, 9.17) is 9.47 Å². The van der Waals surface area contributed by atoms with E-state index in [9.17, 15) is 14.7 Å². The molecule has 0 saturated heterocycles. The van der Waals surface area contributed by atoms with Gasteiger partial charge in [0.15, 0.2) is 6.10 Å². The van der Waals surface area contributed by atoms with Gasteiger partial charge in [0.05, 0.1) is 6.61 Å². The van der Waals surface area contributed by atoms with Crippen LogP contribution in [0.15, 0.2) is 12.2 Å². The van der Waals surface area contributed by atoms with E-state index >= 15 is 0 Å². The summed E-state index contributed by atoms with van der Waals surface area (Å²) in [6, 6.07) is 0. The molecule has 0 saturated carbocycles. The molecule has 0 aromatic heterocycles. The fraction of sp³-hybridized carbons (Fsp3) is 0.867. The molecule has 0 radical (unpaired) electrons. The van der Waals surface area contributed by atoms with Crippen molar-refractivity contribution in [3.8, 4) is 0 Å². The molecule has 0 amide bonds. The maximum Gasteiger partial charge on any atom is 0.306 e. The van der Waals surface area contributed by atoms with E-state index in [1.165, 1.54) is 77.0 Å². The van der Waals surface area contributed by atoms with E-state index in [-0.39, 0.29) is 25.2 Å². The molecule has 35 heavy (non-hydrogen) atoms. The van der Waals surface area contributed by atoms with Crippen molar-refractivity contribution >= 4 is 11.9 Å². The predicted octanol–water partition coefficient (Wildman–Crippen LogP) is 8.22. The Bertz CT molecular complexity index is 503. The molecule has 1 atom stereocenters. The zero-order chi connectivity index (χ0) is 25.8. The number of hydrogen-bond donors (Lipinski definition) is 1. The summed E-state index contributed by atoms with van der Waals surface area (Å²) in [6.45, 7) is 4.06. The van der Waals surface area contributed by atoms with Crippen LogP contribution >= 0.6 is 0 Å². The third-order valence-electron chi connectivity index (χ3n) is 6.31. The largest absolute Gasteiger partial charge is 0.462 e. The number of allylic oxidation sites excluding steroid dienone is 2. The number of unbranched alkanes of at least 4 members (excludes halogenated alkanes) is 16. The quantitative estimate of drug-likeness (QED) is 0.0741. The number of carbonyl (C=O) groups excluding carboxylic acids is 2. The average molecular weight is 497 g/mol. The van der Waals surface area contributed by atoms with Gasteiger partial charge in [-0.2, -0.15) is 0 Å². The molecule has 0 unspecified atom stereocenters. The highest BCUT2D eigenvalue weighted by molar-refractivity contribution is 5.70. The van der Waals surface area contributed by atoms with E-state index in [2.05, 4.69) is 26.0 Å². The molecule has 0 spiro atoms. The molecular formula is C30H56O5. The monoisotopic (exact) mass is 496 g/mol. The number of aliphatic hydroxyl groups is 1. The fourth-order valence-electron chi connectivity index (χ4n) is 4.02. The van der Waals surface area contributed by atoms with E-state index in [1.54, 1.807) is 0 Å². The summed E-state index contributed by atoms with van der Waals surface area (Å²) in [4.78, 5) is 23.9. The van der Waals surface area contributed by atoms with Crippen LogP contribution in [-0.4, -0.2) is 36.4 Å². The molecule has 0 aliphatic carbocycles. The van der Waals surface area contributed by atoms with Crippen LogP contribution in [0.25, 0.3) is 0 Å². The lowest BCUT2D eigenvalue weighted by Gasteiger charge is -2.15. The first-order valence-corrected chi connectivity index (χ1v) is 14.7. The molecule has 0 aliphatic heterocycles. The summed E-state index contributed by atoms with van der Waals surface area (Å²) >= 11 is 0. The molecule has 5 nitrogen and oxygen atoms in total. The Kier molecular flexibility index (Phi) is 26.2. The number of rotatable bonds is 26. The Morgan fingerprint density at radius 3 is 1.60 bits per heavy atom. The molecule has 0 heterocycles. The standard InChI is InChI=1S/C30H56O5/c1-3-5-7-9-11-13-14-15-17-18-20-22-24-29(32)34-27-28(26-31)35-30(33)25-23-21-19-16-12-10-8-6-4-2/h11,13,28,31H,3-10,12,14-27H2,1-2H3/b13-11+/t28-/m0/s1. The number of aliphatic hydroxyl groups excluding tert-OH is 1. The van der Waals surface area contributed by atoms with Crippen LogP contribution < -0.4 is 0 Å². The molecule has 0 aliphatic rings. The highest BCUT2D eigenvalue weighted by Gasteiger charge is 2.16. The van der Waals surface area contributed by atoms with Crippen molar-refractivity contribution in [1.82, 2.24) is 0 Å². The van der Waals surface area contributed by atoms with Crippen LogP contribution in [0.1, 0.15) is 149 Å². The number of carbonyl (C=O) groups is 2. The summed E-state index contributed by atoms with van der Waals surface area (Å²) in [5.41, 5.74) is 0. The van der Waals surface area contributed by atoms with Gasteiger partial charge in [-0.05, 0) is 38.5 Å². The second-order valence-electron chi connectivity index (χ2n) is 9.83. The lowest BCUT2D eigenvalue weighted by Crippen LogP contribution is -2.28. The molecule has 5 heteroatoms. The number of esters is 2. The Labute approximate surface area is 216 Å². The van der Waals surface area contributed by atoms with Crippen molar-refractivity contribution in [2.24, 2.45) is 0 Å². The van der Waals surface area contributed by atoms with Crippen molar-refractivity contribution in [3.05, 3.63) is 12.2 Å². The molecule has 0 fully saturated rings. The lowest BCUT2D eigenvalue weighted by atomic mass is 10.1. The first-order chi connectivity index (χ1) is 17.1. The zero-order valence-electron chi connectivity index (χ0n) is 23.1. The third kappa shape index (κ3) is 25.5. The van der Waals surface area contributed by atoms with Gasteiger partial charge in [-0.25, -0.2) is 0 Å². The van der Waals surface area contributed by atoms with Gasteiger partial charge >= 0.3 is 11.9 Å². The van der Waals surface area contributed by atoms with E-state index in [0.29, 0.717) is 12.8 Å². The average Bonchev–Trinajstić information content (AvgIpc) is 2.86. The highest BCUT2D eigenvalue weighted by Crippen LogP contribution is 2.12. The molecule has 0 aromatic rings. The minimum absolute atomic E-state index is 0.0660. The van der Waals surface area contributed by atoms with Crippen LogP contribution in [-0.2, 0) is 19.1 Å². The third-order valence-corrected chi connectivity index (χ3v) is 6.31. The van der Waals surface area contributed by atoms with Crippen LogP contribution in [0, 0.1) is 0 Å². The minimum Gasteiger partial charge on any atom is -0.462 e. The minimum atomic E-state index is -0.764. The van der Waals surface area contributed by atoms with Crippen molar-refractivity contribution in [1.29, 1.82) is 0 Å². The zero-order valence-corrected chi connectivity index (χ0v) is 23.1. The number of hydrogen-bond acceptors (Lipinski definition) is 5. The summed E-state index contributed by atoms with van der Waals surface area (Å²) in [7, 11) is 0. The van der Waals surface area contributed by atoms with Gasteiger partial charge in [0.25, 0.3) is 0 Å². The summed E-state index contributed by atoms with van der Waals surface area (Å²) in [6.07, 6.45) is 26.9. The van der Waals surface area contributed by atoms with Crippen LogP contribution in [0.2, 0.25) is 0 Å². The van der Waals surface area contributed by atoms with Crippen molar-refractivity contribution in [3.63, 3.8) is 0 Å². The SMILES string of the molecule is CCCCC/C=C/CCCCCCCC(=O)OC[C@H](CO)OC(=O)CCCCCCCCCCC. The fourth-order valence-corrected chi connectivity index (χ4v) is 4.02. The highest BCUT2D eigenvalue weighted by atomic mass is 16.6. The van der Waals surface area contributed by atoms with E-state index < -0.39 is 6.10 Å². The van der Waals surface area contributed by atoms with Crippen molar-refractivity contribution < 1.29 is 24.2 Å². The van der Waals surface area contributed by atoms with Crippen molar-refractivity contribution in [2.75, 3.05) is 13.2 Å². The maximum absolute atomic E-state index is 12.0. The molecule has 1 N–H and O–H groups in total. The summed E-state index contributed by atoms with van der Waals surface area (Å²) < 4.78 is 10.5. The Morgan fingerprint density at radius 1 is 0.629 bits per heavy atom. The van der Waals surface area contributed by atoms with Gasteiger partial charge in [-0.15, -0.1) is 0 Å². The second-order valence-corrected chi connectivity index (χ2v) is 9.83. The predicted molar refractivity (Wildman–Crippen MR) is 145 cm³/mol. The first-order valence-electron chi connectivity index (χ1n) is 14.7. The molecule has 206 valence electrons. The molecule has 0 bridgehead atoms. The summed E-state index contributed by atoms with van der Waals surface area (Å²) in [5.74, 6) is -0.604. The van der Waals surface area contributed by atoms with Gasteiger partial charge in [0.1, 0.15) is 6.61 Å². The lowest BCUT2D eigenvalue weighted by molar-refractivity contribution is -0.161. The first kappa shape index (κ1) is 33.6. The van der Waals surface area contributed by atoms with Gasteiger partial charge in [0, 0.05) is 12.8 Å². The van der Waals surface area contributed by atoms with Gasteiger partial charge in [0.2, 0.25) is 0 Å². The van der Waals surface area contributed by atoms with Gasteiger partial charge in [-0.1, -0.05) is 109 Å². The molecule has 0 aromatic carbocycles. The van der Waals surface area contributed by atoms with Crippen LogP contribution in [0.5, 0.6) is 0 Å². The van der Waals surface area contributed by atoms with Gasteiger partial charge in [-0.3, -0.25) is 9.59 Å². The van der Waals surface area contributed by atoms with E-state index in [1.807, 2.05) is 0 Å². The smallest absolute Gasteiger partial charge is 0.306 e. The molecular weight excluding hydrogens is 440 g/mol. The van der Waals surface area contributed by atoms with Gasteiger partial charge < -0.3 is 14.6 Å². The topological polar surface area (TPSA) is 72.8 Å². The van der Waals surface area contributed by atoms with Crippen LogP contribution in [0.4, 0.5) is 0 Å².